The molecule has 0 heterocycles. The molecule has 1 aromatic rings. The first kappa shape index (κ1) is 8.36. The van der Waals surface area contributed by atoms with E-state index in [1.807, 2.05) is 6.07 Å². The smallest absolute Gasteiger partial charge is 0.0395 e. The predicted octanol–water partition coefficient (Wildman–Crippen LogP) is 2.84. The third kappa shape index (κ3) is 2.35. The second kappa shape index (κ2) is 4.13. The number of allylic oxidation sites excluding steroid dienone is 1. The molecule has 0 atom stereocenters. The van der Waals surface area contributed by atoms with Gasteiger partial charge in [-0.2, -0.15) is 0 Å². The molecule has 68 valence electrons. The summed E-state index contributed by atoms with van der Waals surface area (Å²) >= 11 is 0. The maximum absolute atomic E-state index is 3.34. The van der Waals surface area contributed by atoms with E-state index in [0.29, 0.717) is 0 Å². The summed E-state index contributed by atoms with van der Waals surface area (Å²) in [6.07, 6.45) is 6.14. The Labute approximate surface area is 79.5 Å². The van der Waals surface area contributed by atoms with Gasteiger partial charge in [-0.15, -0.1) is 0 Å². The normalized spacial score (nSPS) is 14.9. The van der Waals surface area contributed by atoms with Crippen LogP contribution in [0.4, 0.5) is 0 Å². The highest BCUT2D eigenvalue weighted by atomic mass is 14.8. The lowest BCUT2D eigenvalue weighted by molar-refractivity contribution is 0.647. The highest BCUT2D eigenvalue weighted by molar-refractivity contribution is 5.15. The van der Waals surface area contributed by atoms with Crippen molar-refractivity contribution >= 4 is 0 Å². The van der Waals surface area contributed by atoms with Gasteiger partial charge in [-0.1, -0.05) is 35.9 Å². The Morgan fingerprint density at radius 2 is 1.92 bits per heavy atom. The Bertz CT molecular complexity index is 281. The molecule has 1 aromatic carbocycles. The van der Waals surface area contributed by atoms with Crippen molar-refractivity contribution in [1.82, 2.24) is 5.32 Å². The largest absolute Gasteiger partial charge is 0.387 e. The Hall–Kier alpha value is -1.24. The summed E-state index contributed by atoms with van der Waals surface area (Å²) < 4.78 is 0. The van der Waals surface area contributed by atoms with Crippen LogP contribution in [0.2, 0.25) is 0 Å². The molecule has 0 bridgehead atoms. The maximum Gasteiger partial charge on any atom is 0.0395 e. The van der Waals surface area contributed by atoms with E-state index < -0.39 is 0 Å². The molecule has 1 fully saturated rings. The zero-order valence-corrected chi connectivity index (χ0v) is 7.79. The first-order chi connectivity index (χ1) is 6.45. The van der Waals surface area contributed by atoms with Crippen LogP contribution in [0, 0.1) is 0 Å². The van der Waals surface area contributed by atoms with E-state index in [0.717, 1.165) is 6.54 Å². The van der Waals surface area contributed by atoms with Crippen molar-refractivity contribution in [2.75, 3.05) is 0 Å². The van der Waals surface area contributed by atoms with Crippen molar-refractivity contribution < 1.29 is 0 Å². The fraction of sp³-hybridized carbons (Fsp3) is 0.333. The Kier molecular flexibility index (Phi) is 2.65. The summed E-state index contributed by atoms with van der Waals surface area (Å²) in [7, 11) is 0. The Morgan fingerprint density at radius 3 is 2.54 bits per heavy atom. The van der Waals surface area contributed by atoms with E-state index in [9.17, 15) is 0 Å². The molecule has 1 aliphatic rings. The molecule has 1 nitrogen and oxygen atoms in total. The average Bonchev–Trinajstić information content (AvgIpc) is 2.11. The number of rotatable bonds is 3. The molecule has 0 radical (unpaired) electrons. The van der Waals surface area contributed by atoms with Crippen LogP contribution in [0.5, 0.6) is 0 Å². The summed E-state index contributed by atoms with van der Waals surface area (Å²) in [5, 5.41) is 3.34. The van der Waals surface area contributed by atoms with Crippen LogP contribution >= 0.6 is 0 Å². The fourth-order valence-corrected chi connectivity index (χ4v) is 1.43. The van der Waals surface area contributed by atoms with E-state index in [1.165, 1.54) is 24.8 Å². The molecule has 0 aliphatic heterocycles. The van der Waals surface area contributed by atoms with Gasteiger partial charge in [0.1, 0.15) is 0 Å². The summed E-state index contributed by atoms with van der Waals surface area (Å²) in [6, 6.07) is 10.5. The first-order valence-corrected chi connectivity index (χ1v) is 4.90. The Balaban J connectivity index is 1.79. The summed E-state index contributed by atoms with van der Waals surface area (Å²) in [4.78, 5) is 0. The molecule has 0 unspecified atom stereocenters. The van der Waals surface area contributed by atoms with Gasteiger partial charge in [-0.25, -0.2) is 0 Å². The molecule has 0 spiro atoms. The number of benzene rings is 1. The average molecular weight is 173 g/mol. The molecule has 1 saturated carbocycles. The van der Waals surface area contributed by atoms with E-state index in [-0.39, 0.29) is 0 Å². The van der Waals surface area contributed by atoms with Gasteiger partial charge in [0.05, 0.1) is 0 Å². The van der Waals surface area contributed by atoms with E-state index >= 15 is 0 Å². The SMILES string of the molecule is C(NCc1ccccc1)=C1CCC1. The zero-order valence-electron chi connectivity index (χ0n) is 7.79. The summed E-state index contributed by atoms with van der Waals surface area (Å²) in [5.74, 6) is 0. The van der Waals surface area contributed by atoms with Gasteiger partial charge in [0.2, 0.25) is 0 Å². The lowest BCUT2D eigenvalue weighted by Crippen LogP contribution is -2.08. The summed E-state index contributed by atoms with van der Waals surface area (Å²) in [5.41, 5.74) is 2.91. The highest BCUT2D eigenvalue weighted by Crippen LogP contribution is 2.23. The van der Waals surface area contributed by atoms with E-state index in [2.05, 4.69) is 35.8 Å². The van der Waals surface area contributed by atoms with Crippen molar-refractivity contribution in [3.63, 3.8) is 0 Å². The minimum absolute atomic E-state index is 0.949. The quantitative estimate of drug-likeness (QED) is 0.741. The third-order valence-electron chi connectivity index (χ3n) is 2.45. The van der Waals surface area contributed by atoms with Crippen molar-refractivity contribution in [3.05, 3.63) is 47.7 Å². The fourth-order valence-electron chi connectivity index (χ4n) is 1.43. The Morgan fingerprint density at radius 1 is 1.15 bits per heavy atom. The van der Waals surface area contributed by atoms with Crippen LogP contribution in [0.1, 0.15) is 24.8 Å². The molecular weight excluding hydrogens is 158 g/mol. The number of hydrogen-bond acceptors (Lipinski definition) is 1. The van der Waals surface area contributed by atoms with Crippen LogP contribution < -0.4 is 5.32 Å². The lowest BCUT2D eigenvalue weighted by Gasteiger charge is -2.16. The number of hydrogen-bond donors (Lipinski definition) is 1. The van der Waals surface area contributed by atoms with Crippen LogP contribution in [0.25, 0.3) is 0 Å². The first-order valence-electron chi connectivity index (χ1n) is 4.90. The predicted molar refractivity (Wildman–Crippen MR) is 55.2 cm³/mol. The van der Waals surface area contributed by atoms with E-state index in [1.54, 1.807) is 5.57 Å². The highest BCUT2D eigenvalue weighted by Gasteiger charge is 2.06. The molecule has 0 saturated heterocycles. The monoisotopic (exact) mass is 173 g/mol. The minimum Gasteiger partial charge on any atom is -0.387 e. The molecule has 2 rings (SSSR count). The topological polar surface area (TPSA) is 12.0 Å². The van der Waals surface area contributed by atoms with Gasteiger partial charge >= 0.3 is 0 Å². The van der Waals surface area contributed by atoms with Gasteiger partial charge < -0.3 is 5.32 Å². The lowest BCUT2D eigenvalue weighted by atomic mass is 9.94. The molecule has 1 heteroatoms. The van der Waals surface area contributed by atoms with Gasteiger partial charge in [-0.05, 0) is 31.0 Å². The zero-order chi connectivity index (χ0) is 8.93. The van der Waals surface area contributed by atoms with Crippen molar-refractivity contribution in [3.8, 4) is 0 Å². The van der Waals surface area contributed by atoms with Crippen molar-refractivity contribution in [1.29, 1.82) is 0 Å². The van der Waals surface area contributed by atoms with Crippen LogP contribution in [0.15, 0.2) is 42.1 Å². The molecule has 0 amide bonds. The van der Waals surface area contributed by atoms with Gasteiger partial charge in [0.25, 0.3) is 0 Å². The molecule has 1 N–H and O–H groups in total. The molecule has 1 aliphatic carbocycles. The molecule has 0 aromatic heterocycles. The van der Waals surface area contributed by atoms with Crippen LogP contribution in [-0.4, -0.2) is 0 Å². The summed E-state index contributed by atoms with van der Waals surface area (Å²) in [6.45, 7) is 0.949. The minimum atomic E-state index is 0.949. The molecule has 13 heavy (non-hydrogen) atoms. The second-order valence-electron chi connectivity index (χ2n) is 3.52. The van der Waals surface area contributed by atoms with Crippen LogP contribution in [0.3, 0.4) is 0 Å². The second-order valence-corrected chi connectivity index (χ2v) is 3.52. The van der Waals surface area contributed by atoms with Crippen molar-refractivity contribution in [2.45, 2.75) is 25.8 Å². The third-order valence-corrected chi connectivity index (χ3v) is 2.45. The van der Waals surface area contributed by atoms with Gasteiger partial charge in [-0.3, -0.25) is 0 Å². The standard InChI is InChI=1S/C12H15N/c1-2-5-11(6-3-1)9-13-10-12-7-4-8-12/h1-3,5-6,10,13H,4,7-9H2. The van der Waals surface area contributed by atoms with Crippen LogP contribution in [-0.2, 0) is 6.54 Å². The maximum atomic E-state index is 3.34. The van der Waals surface area contributed by atoms with Gasteiger partial charge in [0.15, 0.2) is 0 Å². The van der Waals surface area contributed by atoms with Gasteiger partial charge in [0, 0.05) is 6.54 Å². The van der Waals surface area contributed by atoms with Crippen molar-refractivity contribution in [2.24, 2.45) is 0 Å². The molecular formula is C12H15N. The van der Waals surface area contributed by atoms with E-state index in [4.69, 9.17) is 0 Å². The number of nitrogens with one attached hydrogen (secondary N) is 1.